The zero-order chi connectivity index (χ0) is 22.6. The lowest BCUT2D eigenvalue weighted by Crippen LogP contribution is -2.40. The minimum Gasteiger partial charge on any atom is -0.451 e. The highest BCUT2D eigenvalue weighted by atomic mass is 32.2. The van der Waals surface area contributed by atoms with Gasteiger partial charge in [0.2, 0.25) is 15.8 Å². The van der Waals surface area contributed by atoms with Crippen molar-refractivity contribution >= 4 is 21.8 Å². The van der Waals surface area contributed by atoms with Crippen molar-refractivity contribution in [2.75, 3.05) is 26.3 Å². The fourth-order valence-electron chi connectivity index (χ4n) is 3.17. The molecular formula is C22H24FNO6S. The van der Waals surface area contributed by atoms with Gasteiger partial charge in [0, 0.05) is 18.7 Å². The molecule has 0 N–H and O–H groups in total. The fourth-order valence-corrected chi connectivity index (χ4v) is 4.61. The highest BCUT2D eigenvalue weighted by Crippen LogP contribution is 2.21. The van der Waals surface area contributed by atoms with Gasteiger partial charge < -0.3 is 9.47 Å². The molecule has 2 aromatic carbocycles. The molecule has 3 rings (SSSR count). The van der Waals surface area contributed by atoms with Gasteiger partial charge in [0.25, 0.3) is 0 Å². The van der Waals surface area contributed by atoms with Crippen molar-refractivity contribution in [3.05, 3.63) is 65.0 Å². The summed E-state index contributed by atoms with van der Waals surface area (Å²) < 4.78 is 51.4. The van der Waals surface area contributed by atoms with Crippen molar-refractivity contribution in [2.24, 2.45) is 0 Å². The lowest BCUT2D eigenvalue weighted by atomic mass is 10.0. The highest BCUT2D eigenvalue weighted by Gasteiger charge is 2.29. The number of ketones is 1. The summed E-state index contributed by atoms with van der Waals surface area (Å²) in [7, 11) is -3.92. The van der Waals surface area contributed by atoms with Crippen LogP contribution in [0.5, 0.6) is 0 Å². The Morgan fingerprint density at radius 3 is 2.39 bits per heavy atom. The van der Waals surface area contributed by atoms with Crippen LogP contribution in [-0.4, -0.2) is 56.9 Å². The minimum atomic E-state index is -3.92. The smallest absolute Gasteiger partial charge is 0.341 e. The quantitative estimate of drug-likeness (QED) is 0.477. The Morgan fingerprint density at radius 2 is 1.77 bits per heavy atom. The summed E-state index contributed by atoms with van der Waals surface area (Å²) in [6, 6.07) is 9.84. The third-order valence-electron chi connectivity index (χ3n) is 5.07. The maximum Gasteiger partial charge on any atom is 0.341 e. The van der Waals surface area contributed by atoms with E-state index in [2.05, 4.69) is 0 Å². The SMILES string of the molecule is CCc1ccc(C(=O)C(C)OC(=O)c2cc(S(=O)(=O)N3CCOCC3)ccc2F)cc1. The Labute approximate surface area is 180 Å². The Hall–Kier alpha value is -2.62. The first-order chi connectivity index (χ1) is 14.7. The van der Waals surface area contributed by atoms with Gasteiger partial charge in [-0.3, -0.25) is 4.79 Å². The van der Waals surface area contributed by atoms with E-state index in [1.165, 1.54) is 11.2 Å². The van der Waals surface area contributed by atoms with Crippen LogP contribution in [0.2, 0.25) is 0 Å². The van der Waals surface area contributed by atoms with E-state index in [4.69, 9.17) is 9.47 Å². The van der Waals surface area contributed by atoms with Gasteiger partial charge >= 0.3 is 5.97 Å². The van der Waals surface area contributed by atoms with Crippen LogP contribution in [-0.2, 0) is 25.9 Å². The number of esters is 1. The Balaban J connectivity index is 1.77. The lowest BCUT2D eigenvalue weighted by molar-refractivity contribution is 0.0314. The summed E-state index contributed by atoms with van der Waals surface area (Å²) in [5, 5.41) is 0. The van der Waals surface area contributed by atoms with Crippen LogP contribution in [0.25, 0.3) is 0 Å². The molecule has 166 valence electrons. The standard InChI is InChI=1S/C22H24FNO6S/c1-3-16-4-6-17(7-5-16)21(25)15(2)30-22(26)19-14-18(8-9-20(19)23)31(27,28)24-10-12-29-13-11-24/h4-9,14-15H,3,10-13H2,1-2H3. The maximum atomic E-state index is 14.3. The number of nitrogens with zero attached hydrogens (tertiary/aromatic N) is 1. The molecule has 1 aliphatic rings. The number of carbonyl (C=O) groups is 2. The van der Waals surface area contributed by atoms with Crippen LogP contribution < -0.4 is 0 Å². The van der Waals surface area contributed by atoms with Gasteiger partial charge in [-0.25, -0.2) is 17.6 Å². The number of rotatable bonds is 7. The van der Waals surface area contributed by atoms with Crippen molar-refractivity contribution in [3.63, 3.8) is 0 Å². The van der Waals surface area contributed by atoms with Crippen LogP contribution in [0, 0.1) is 5.82 Å². The molecule has 0 bridgehead atoms. The van der Waals surface area contributed by atoms with Gasteiger partial charge in [0.05, 0.1) is 23.7 Å². The normalized spacial score (nSPS) is 16.0. The second kappa shape index (κ2) is 9.67. The first-order valence-corrected chi connectivity index (χ1v) is 11.4. The average molecular weight is 450 g/mol. The summed E-state index contributed by atoms with van der Waals surface area (Å²) >= 11 is 0. The van der Waals surface area contributed by atoms with E-state index in [1.54, 1.807) is 24.3 Å². The van der Waals surface area contributed by atoms with Gasteiger partial charge in [0.1, 0.15) is 5.82 Å². The van der Waals surface area contributed by atoms with E-state index >= 15 is 0 Å². The van der Waals surface area contributed by atoms with Gasteiger partial charge in [-0.15, -0.1) is 0 Å². The van der Waals surface area contributed by atoms with Gasteiger partial charge in [0.15, 0.2) is 6.10 Å². The molecule has 7 nitrogen and oxygen atoms in total. The number of hydrogen-bond donors (Lipinski definition) is 0. The monoisotopic (exact) mass is 449 g/mol. The molecule has 1 heterocycles. The van der Waals surface area contributed by atoms with Gasteiger partial charge in [-0.2, -0.15) is 4.31 Å². The first-order valence-electron chi connectivity index (χ1n) is 9.95. The molecule has 1 unspecified atom stereocenters. The van der Waals surface area contributed by atoms with Crippen molar-refractivity contribution in [1.82, 2.24) is 4.31 Å². The summed E-state index contributed by atoms with van der Waals surface area (Å²) in [6.07, 6.45) is -0.346. The fraction of sp³-hybridized carbons (Fsp3) is 0.364. The van der Waals surface area contributed by atoms with Crippen LogP contribution in [0.15, 0.2) is 47.4 Å². The number of hydrogen-bond acceptors (Lipinski definition) is 6. The second-order valence-electron chi connectivity index (χ2n) is 7.12. The largest absolute Gasteiger partial charge is 0.451 e. The molecule has 31 heavy (non-hydrogen) atoms. The molecule has 0 saturated carbocycles. The minimum absolute atomic E-state index is 0.168. The van der Waals surface area contributed by atoms with Crippen LogP contribution in [0.4, 0.5) is 4.39 Å². The molecule has 0 amide bonds. The highest BCUT2D eigenvalue weighted by molar-refractivity contribution is 7.89. The predicted octanol–water partition coefficient (Wildman–Crippen LogP) is 2.84. The molecule has 9 heteroatoms. The molecule has 0 aromatic heterocycles. The second-order valence-corrected chi connectivity index (χ2v) is 9.06. The Bertz CT molecular complexity index is 1060. The third-order valence-corrected chi connectivity index (χ3v) is 6.96. The molecule has 0 aliphatic carbocycles. The lowest BCUT2D eigenvalue weighted by Gasteiger charge is -2.26. The first kappa shape index (κ1) is 23.1. The molecule has 1 atom stereocenters. The summed E-state index contributed by atoms with van der Waals surface area (Å²) in [5.74, 6) is -2.48. The molecular weight excluding hydrogens is 425 g/mol. The maximum absolute atomic E-state index is 14.3. The zero-order valence-corrected chi connectivity index (χ0v) is 18.2. The van der Waals surface area contributed by atoms with E-state index in [-0.39, 0.29) is 31.2 Å². The van der Waals surface area contributed by atoms with Crippen LogP contribution in [0.3, 0.4) is 0 Å². The zero-order valence-electron chi connectivity index (χ0n) is 17.3. The number of sulfonamides is 1. The summed E-state index contributed by atoms with van der Waals surface area (Å²) in [6.45, 7) is 4.23. The molecule has 1 fully saturated rings. The Kier molecular flexibility index (Phi) is 7.19. The Morgan fingerprint density at radius 1 is 1.13 bits per heavy atom. The number of benzene rings is 2. The van der Waals surface area contributed by atoms with E-state index < -0.39 is 39.3 Å². The van der Waals surface area contributed by atoms with E-state index in [1.807, 2.05) is 6.92 Å². The van der Waals surface area contributed by atoms with Crippen molar-refractivity contribution in [1.29, 1.82) is 0 Å². The van der Waals surface area contributed by atoms with Crippen molar-refractivity contribution in [2.45, 2.75) is 31.3 Å². The van der Waals surface area contributed by atoms with E-state index in [0.717, 1.165) is 30.2 Å². The number of Topliss-reactive ketones (excluding diaryl/α,β-unsaturated/α-hetero) is 1. The molecule has 1 saturated heterocycles. The van der Waals surface area contributed by atoms with Crippen molar-refractivity contribution < 1.29 is 31.9 Å². The topological polar surface area (TPSA) is 90.0 Å². The van der Waals surface area contributed by atoms with E-state index in [9.17, 15) is 22.4 Å². The number of ether oxygens (including phenoxy) is 2. The number of morpholine rings is 1. The molecule has 0 radical (unpaired) electrons. The van der Waals surface area contributed by atoms with Crippen LogP contribution >= 0.6 is 0 Å². The number of aryl methyl sites for hydroxylation is 1. The number of carbonyl (C=O) groups excluding carboxylic acids is 2. The summed E-state index contributed by atoms with van der Waals surface area (Å²) in [4.78, 5) is 24.8. The summed E-state index contributed by atoms with van der Waals surface area (Å²) in [5.41, 5.74) is 0.874. The molecule has 0 spiro atoms. The predicted molar refractivity (Wildman–Crippen MR) is 111 cm³/mol. The third kappa shape index (κ3) is 5.17. The average Bonchev–Trinajstić information content (AvgIpc) is 2.79. The van der Waals surface area contributed by atoms with Gasteiger partial charge in [-0.05, 0) is 37.1 Å². The van der Waals surface area contributed by atoms with Gasteiger partial charge in [-0.1, -0.05) is 31.2 Å². The number of halogens is 1. The molecule has 1 aliphatic heterocycles. The van der Waals surface area contributed by atoms with E-state index in [0.29, 0.717) is 5.56 Å². The van der Waals surface area contributed by atoms with Crippen LogP contribution in [0.1, 0.15) is 40.1 Å². The van der Waals surface area contributed by atoms with Crippen molar-refractivity contribution in [3.8, 4) is 0 Å². The molecule has 2 aromatic rings.